The van der Waals surface area contributed by atoms with Gasteiger partial charge in [0.05, 0.1) is 11.1 Å². The molecule has 6 nitrogen and oxygen atoms in total. The van der Waals surface area contributed by atoms with Gasteiger partial charge in [-0.25, -0.2) is 15.0 Å². The SMILES string of the molecule is CCCCCCCCCCNNOC(=O)c1ccccc1C(=O)O. The number of benzene rings is 1. The molecule has 134 valence electrons. The van der Waals surface area contributed by atoms with Gasteiger partial charge in [0.15, 0.2) is 0 Å². The molecule has 0 heterocycles. The number of carboxylic acid groups (broad SMARTS) is 1. The van der Waals surface area contributed by atoms with Gasteiger partial charge in [-0.2, -0.15) is 0 Å². The number of hydrazine groups is 1. The van der Waals surface area contributed by atoms with E-state index in [1.807, 2.05) is 0 Å². The molecule has 0 unspecified atom stereocenters. The van der Waals surface area contributed by atoms with Gasteiger partial charge < -0.3 is 9.94 Å². The van der Waals surface area contributed by atoms with E-state index in [1.165, 1.54) is 50.7 Å². The molecule has 0 aliphatic rings. The fraction of sp³-hybridized carbons (Fsp3) is 0.556. The summed E-state index contributed by atoms with van der Waals surface area (Å²) in [5.41, 5.74) is 5.12. The molecule has 0 aromatic heterocycles. The predicted octanol–water partition coefficient (Wildman–Crippen LogP) is 3.69. The Morgan fingerprint density at radius 1 is 0.958 bits per heavy atom. The average Bonchev–Trinajstić information content (AvgIpc) is 2.59. The summed E-state index contributed by atoms with van der Waals surface area (Å²) < 4.78 is 0. The van der Waals surface area contributed by atoms with E-state index in [-0.39, 0.29) is 11.1 Å². The maximum absolute atomic E-state index is 11.8. The highest BCUT2D eigenvalue weighted by molar-refractivity contribution is 6.02. The topological polar surface area (TPSA) is 87.7 Å². The van der Waals surface area contributed by atoms with Crippen LogP contribution in [0.1, 0.15) is 79.0 Å². The molecule has 1 aromatic rings. The summed E-state index contributed by atoms with van der Waals surface area (Å²) in [6.45, 7) is 2.90. The van der Waals surface area contributed by atoms with Crippen molar-refractivity contribution in [1.82, 2.24) is 11.0 Å². The highest BCUT2D eigenvalue weighted by Gasteiger charge is 2.16. The molecule has 0 spiro atoms. The normalized spacial score (nSPS) is 10.5. The Morgan fingerprint density at radius 2 is 1.54 bits per heavy atom. The van der Waals surface area contributed by atoms with E-state index in [4.69, 9.17) is 9.94 Å². The van der Waals surface area contributed by atoms with Gasteiger partial charge in [0, 0.05) is 6.54 Å². The highest BCUT2D eigenvalue weighted by atomic mass is 16.7. The zero-order chi connectivity index (χ0) is 17.6. The van der Waals surface area contributed by atoms with Crippen LogP contribution in [0.15, 0.2) is 24.3 Å². The van der Waals surface area contributed by atoms with Gasteiger partial charge in [-0.3, -0.25) is 0 Å². The van der Waals surface area contributed by atoms with Crippen molar-refractivity contribution in [3.63, 3.8) is 0 Å². The summed E-state index contributed by atoms with van der Waals surface area (Å²) >= 11 is 0. The summed E-state index contributed by atoms with van der Waals surface area (Å²) in [5.74, 6) is -1.88. The molecule has 0 aliphatic heterocycles. The van der Waals surface area contributed by atoms with Crippen molar-refractivity contribution in [2.45, 2.75) is 58.3 Å². The molecular formula is C18H28N2O4. The van der Waals surface area contributed by atoms with Crippen LogP contribution < -0.4 is 11.0 Å². The molecule has 0 saturated carbocycles. The van der Waals surface area contributed by atoms with Crippen molar-refractivity contribution < 1.29 is 19.5 Å². The largest absolute Gasteiger partial charge is 0.478 e. The Hall–Kier alpha value is -1.92. The number of hydrogen-bond acceptors (Lipinski definition) is 5. The molecule has 0 aliphatic carbocycles. The molecule has 6 heteroatoms. The number of unbranched alkanes of at least 4 members (excludes halogenated alkanes) is 7. The molecule has 24 heavy (non-hydrogen) atoms. The van der Waals surface area contributed by atoms with E-state index in [9.17, 15) is 9.59 Å². The molecule has 0 fully saturated rings. The van der Waals surface area contributed by atoms with Crippen molar-refractivity contribution in [3.8, 4) is 0 Å². The van der Waals surface area contributed by atoms with Gasteiger partial charge >= 0.3 is 11.9 Å². The Morgan fingerprint density at radius 3 is 2.17 bits per heavy atom. The average molecular weight is 336 g/mol. The second-order valence-corrected chi connectivity index (χ2v) is 5.74. The van der Waals surface area contributed by atoms with Crippen LogP contribution in [0.3, 0.4) is 0 Å². The Labute approximate surface area is 143 Å². The molecular weight excluding hydrogens is 308 g/mol. The number of rotatable bonds is 13. The van der Waals surface area contributed by atoms with Crippen molar-refractivity contribution in [2.75, 3.05) is 6.54 Å². The van der Waals surface area contributed by atoms with Gasteiger partial charge in [0.1, 0.15) is 0 Å². The molecule has 0 saturated heterocycles. The highest BCUT2D eigenvalue weighted by Crippen LogP contribution is 2.10. The molecule has 3 N–H and O–H groups in total. The minimum Gasteiger partial charge on any atom is -0.478 e. The van der Waals surface area contributed by atoms with E-state index in [0.717, 1.165) is 12.8 Å². The van der Waals surface area contributed by atoms with Gasteiger partial charge in [0.2, 0.25) is 0 Å². The first-order chi connectivity index (χ1) is 11.7. The summed E-state index contributed by atoms with van der Waals surface area (Å²) in [4.78, 5) is 27.7. The maximum Gasteiger partial charge on any atom is 0.358 e. The lowest BCUT2D eigenvalue weighted by Gasteiger charge is -2.08. The molecule has 1 rings (SSSR count). The summed E-state index contributed by atoms with van der Waals surface area (Å²) in [6.07, 6.45) is 9.84. The standard InChI is InChI=1S/C18H28N2O4/c1-2-3-4-5-6-7-8-11-14-19-20-24-18(23)16-13-10-9-12-15(16)17(21)22/h9-10,12-13,19-20H,2-8,11,14H2,1H3,(H,21,22). The van der Waals surface area contributed by atoms with Gasteiger partial charge in [-0.15, -0.1) is 0 Å². The quantitative estimate of drug-likeness (QED) is 0.376. The Balaban J connectivity index is 2.09. The number of nitrogens with one attached hydrogen (secondary N) is 2. The van der Waals surface area contributed by atoms with E-state index < -0.39 is 11.9 Å². The summed E-state index contributed by atoms with van der Waals surface area (Å²) in [7, 11) is 0. The monoisotopic (exact) mass is 336 g/mol. The van der Waals surface area contributed by atoms with E-state index in [0.29, 0.717) is 6.54 Å². The van der Waals surface area contributed by atoms with Crippen molar-refractivity contribution in [1.29, 1.82) is 0 Å². The predicted molar refractivity (Wildman–Crippen MR) is 92.6 cm³/mol. The van der Waals surface area contributed by atoms with E-state index in [1.54, 1.807) is 12.1 Å². The van der Waals surface area contributed by atoms with Gasteiger partial charge in [0.25, 0.3) is 0 Å². The van der Waals surface area contributed by atoms with Crippen LogP contribution in [-0.4, -0.2) is 23.6 Å². The Kier molecular flexibility index (Phi) is 10.5. The van der Waals surface area contributed by atoms with Crippen LogP contribution >= 0.6 is 0 Å². The summed E-state index contributed by atoms with van der Waals surface area (Å²) in [6, 6.07) is 5.95. The molecule has 0 radical (unpaired) electrons. The van der Waals surface area contributed by atoms with Crippen LogP contribution in [0, 0.1) is 0 Å². The van der Waals surface area contributed by atoms with E-state index >= 15 is 0 Å². The molecule has 1 aromatic carbocycles. The van der Waals surface area contributed by atoms with Crippen LogP contribution in [0.4, 0.5) is 0 Å². The third-order valence-electron chi connectivity index (χ3n) is 3.75. The lowest BCUT2D eigenvalue weighted by molar-refractivity contribution is 0.0127. The van der Waals surface area contributed by atoms with Crippen molar-refractivity contribution in [3.05, 3.63) is 35.4 Å². The number of carbonyl (C=O) groups is 2. The minimum absolute atomic E-state index is 0.0198. The van der Waals surface area contributed by atoms with Crippen LogP contribution in [0.2, 0.25) is 0 Å². The van der Waals surface area contributed by atoms with Crippen molar-refractivity contribution >= 4 is 11.9 Å². The minimum atomic E-state index is -1.16. The Bertz CT molecular complexity index is 506. The molecule has 0 atom stereocenters. The molecule has 0 amide bonds. The van der Waals surface area contributed by atoms with Crippen LogP contribution in [-0.2, 0) is 4.84 Å². The number of hydrogen-bond donors (Lipinski definition) is 3. The van der Waals surface area contributed by atoms with E-state index in [2.05, 4.69) is 17.9 Å². The lowest BCUT2D eigenvalue weighted by atomic mass is 10.1. The first-order valence-corrected chi connectivity index (χ1v) is 8.68. The number of carbonyl (C=O) groups excluding carboxylic acids is 1. The van der Waals surface area contributed by atoms with Crippen LogP contribution in [0.5, 0.6) is 0 Å². The third kappa shape index (κ3) is 8.08. The smallest absolute Gasteiger partial charge is 0.358 e. The van der Waals surface area contributed by atoms with Crippen LogP contribution in [0.25, 0.3) is 0 Å². The fourth-order valence-electron chi connectivity index (χ4n) is 2.38. The zero-order valence-corrected chi connectivity index (χ0v) is 14.3. The first kappa shape index (κ1) is 20.1. The second kappa shape index (κ2) is 12.5. The molecule has 0 bridgehead atoms. The van der Waals surface area contributed by atoms with Crippen molar-refractivity contribution in [2.24, 2.45) is 0 Å². The number of carboxylic acids is 1. The maximum atomic E-state index is 11.8. The second-order valence-electron chi connectivity index (χ2n) is 5.74. The van der Waals surface area contributed by atoms with Gasteiger partial charge in [-0.1, -0.05) is 69.6 Å². The lowest BCUT2D eigenvalue weighted by Crippen LogP contribution is -2.35. The zero-order valence-electron chi connectivity index (χ0n) is 14.3. The first-order valence-electron chi connectivity index (χ1n) is 8.68. The third-order valence-corrected chi connectivity index (χ3v) is 3.75. The summed E-state index contributed by atoms with van der Waals surface area (Å²) in [5, 5.41) is 9.03. The fourth-order valence-corrected chi connectivity index (χ4v) is 2.38. The van der Waals surface area contributed by atoms with Gasteiger partial charge in [-0.05, 0) is 18.6 Å². The number of aromatic carboxylic acids is 1.